The van der Waals surface area contributed by atoms with Gasteiger partial charge in [0.25, 0.3) is 0 Å². The number of allylic oxidation sites excluding steroid dienone is 3. The molecule has 1 atom stereocenters. The molecular formula is C15H24O2. The summed E-state index contributed by atoms with van der Waals surface area (Å²) in [7, 11) is 0. The third kappa shape index (κ3) is 3.45. The predicted octanol–water partition coefficient (Wildman–Crippen LogP) is 3.88. The summed E-state index contributed by atoms with van der Waals surface area (Å²) in [6.07, 6.45) is 6.66. The molecule has 0 aromatic heterocycles. The van der Waals surface area contributed by atoms with Gasteiger partial charge in [-0.05, 0) is 39.0 Å². The van der Waals surface area contributed by atoms with Crippen molar-refractivity contribution in [3.05, 3.63) is 23.3 Å². The molecule has 0 fully saturated rings. The Balaban J connectivity index is 2.90. The van der Waals surface area contributed by atoms with Crippen LogP contribution >= 0.6 is 0 Å². The molecule has 17 heavy (non-hydrogen) atoms. The molecule has 0 aromatic rings. The Bertz CT molecular complexity index is 348. The average Bonchev–Trinajstić information content (AvgIpc) is 2.23. The first-order chi connectivity index (χ1) is 7.88. The number of hydrogen-bond acceptors (Lipinski definition) is 2. The van der Waals surface area contributed by atoms with Gasteiger partial charge >= 0.3 is 5.97 Å². The zero-order chi connectivity index (χ0) is 13.1. The van der Waals surface area contributed by atoms with Gasteiger partial charge in [-0.15, -0.1) is 0 Å². The molecule has 0 radical (unpaired) electrons. The van der Waals surface area contributed by atoms with Crippen molar-refractivity contribution in [1.82, 2.24) is 0 Å². The molecular weight excluding hydrogens is 212 g/mol. The first-order valence-corrected chi connectivity index (χ1v) is 6.40. The Hall–Kier alpha value is -1.05. The summed E-state index contributed by atoms with van der Waals surface area (Å²) in [6, 6.07) is 0. The van der Waals surface area contributed by atoms with Gasteiger partial charge in [0.05, 0.1) is 6.61 Å². The third-order valence-electron chi connectivity index (χ3n) is 3.60. The Morgan fingerprint density at radius 1 is 1.59 bits per heavy atom. The molecule has 2 heteroatoms. The van der Waals surface area contributed by atoms with Gasteiger partial charge < -0.3 is 4.74 Å². The van der Waals surface area contributed by atoms with E-state index in [1.54, 1.807) is 0 Å². The van der Waals surface area contributed by atoms with Crippen LogP contribution in [0.3, 0.4) is 0 Å². The molecule has 0 aliphatic heterocycles. The van der Waals surface area contributed by atoms with E-state index in [1.165, 1.54) is 12.0 Å². The van der Waals surface area contributed by atoms with E-state index in [-0.39, 0.29) is 11.4 Å². The third-order valence-corrected chi connectivity index (χ3v) is 3.60. The highest BCUT2D eigenvalue weighted by molar-refractivity contribution is 5.87. The van der Waals surface area contributed by atoms with Crippen molar-refractivity contribution in [3.8, 4) is 0 Å². The minimum Gasteiger partial charge on any atom is -0.463 e. The Morgan fingerprint density at radius 2 is 2.24 bits per heavy atom. The Morgan fingerprint density at radius 3 is 2.76 bits per heavy atom. The van der Waals surface area contributed by atoms with E-state index in [0.29, 0.717) is 12.5 Å². The number of rotatable bonds is 3. The van der Waals surface area contributed by atoms with Gasteiger partial charge in [0.2, 0.25) is 0 Å². The number of ether oxygens (including phenoxy) is 1. The fourth-order valence-corrected chi connectivity index (χ4v) is 2.49. The van der Waals surface area contributed by atoms with Gasteiger partial charge in [-0.2, -0.15) is 0 Å². The molecule has 0 bridgehead atoms. The summed E-state index contributed by atoms with van der Waals surface area (Å²) in [5.41, 5.74) is 2.32. The monoisotopic (exact) mass is 236 g/mol. The maximum absolute atomic E-state index is 11.6. The highest BCUT2D eigenvalue weighted by Crippen LogP contribution is 2.42. The topological polar surface area (TPSA) is 26.3 Å². The zero-order valence-electron chi connectivity index (χ0n) is 11.7. The lowest BCUT2D eigenvalue weighted by Gasteiger charge is -2.37. The second-order valence-corrected chi connectivity index (χ2v) is 5.52. The van der Waals surface area contributed by atoms with Crippen LogP contribution in [0.2, 0.25) is 0 Å². The van der Waals surface area contributed by atoms with E-state index >= 15 is 0 Å². The molecule has 0 saturated heterocycles. The summed E-state index contributed by atoms with van der Waals surface area (Å²) in [5.74, 6) is 0.155. The van der Waals surface area contributed by atoms with Crippen LogP contribution in [0.1, 0.15) is 47.5 Å². The quantitative estimate of drug-likeness (QED) is 0.422. The van der Waals surface area contributed by atoms with E-state index in [9.17, 15) is 4.79 Å². The highest BCUT2D eigenvalue weighted by atomic mass is 16.5. The van der Waals surface area contributed by atoms with E-state index in [2.05, 4.69) is 32.9 Å². The molecule has 96 valence electrons. The van der Waals surface area contributed by atoms with Crippen LogP contribution in [0, 0.1) is 11.3 Å². The van der Waals surface area contributed by atoms with Crippen LogP contribution in [0.4, 0.5) is 0 Å². The normalized spacial score (nSPS) is 24.2. The standard InChI is InChI=1S/C15H24O2/c1-6-17-14(16)12(3)10-13-11(2)8-7-9-15(13,4)5/h8,10,13H,6-7,9H2,1-5H3/b12-10+. The lowest BCUT2D eigenvalue weighted by Crippen LogP contribution is -2.27. The smallest absolute Gasteiger partial charge is 0.333 e. The molecule has 0 N–H and O–H groups in total. The van der Waals surface area contributed by atoms with E-state index in [0.717, 1.165) is 12.0 Å². The fraction of sp³-hybridized carbons (Fsp3) is 0.667. The molecule has 0 amide bonds. The van der Waals surface area contributed by atoms with Crippen LogP contribution in [-0.2, 0) is 9.53 Å². The molecule has 1 aliphatic carbocycles. The van der Waals surface area contributed by atoms with E-state index in [1.807, 2.05) is 13.8 Å². The largest absolute Gasteiger partial charge is 0.463 e. The Labute approximate surface area is 105 Å². The van der Waals surface area contributed by atoms with Crippen LogP contribution in [0.25, 0.3) is 0 Å². The van der Waals surface area contributed by atoms with Crippen molar-refractivity contribution in [1.29, 1.82) is 0 Å². The minimum atomic E-state index is -0.193. The van der Waals surface area contributed by atoms with Crippen LogP contribution in [0.5, 0.6) is 0 Å². The molecule has 0 heterocycles. The van der Waals surface area contributed by atoms with Gasteiger partial charge in [0.1, 0.15) is 0 Å². The van der Waals surface area contributed by atoms with Crippen LogP contribution in [0.15, 0.2) is 23.3 Å². The summed E-state index contributed by atoms with van der Waals surface area (Å²) < 4.78 is 5.02. The van der Waals surface area contributed by atoms with Crippen molar-refractivity contribution < 1.29 is 9.53 Å². The first kappa shape index (κ1) is 14.0. The lowest BCUT2D eigenvalue weighted by atomic mass is 9.68. The van der Waals surface area contributed by atoms with E-state index < -0.39 is 0 Å². The van der Waals surface area contributed by atoms with E-state index in [4.69, 9.17) is 4.74 Å². The summed E-state index contributed by atoms with van der Waals surface area (Å²) in [6.45, 7) is 10.8. The number of esters is 1. The first-order valence-electron chi connectivity index (χ1n) is 6.40. The molecule has 1 rings (SSSR count). The van der Waals surface area contributed by atoms with Gasteiger partial charge in [0.15, 0.2) is 0 Å². The molecule has 1 unspecified atom stereocenters. The van der Waals surface area contributed by atoms with Gasteiger partial charge in [-0.1, -0.05) is 31.6 Å². The number of hydrogen-bond donors (Lipinski definition) is 0. The van der Waals surface area contributed by atoms with Gasteiger partial charge in [-0.3, -0.25) is 0 Å². The van der Waals surface area contributed by atoms with Crippen LogP contribution in [-0.4, -0.2) is 12.6 Å². The SMILES string of the molecule is CCOC(=O)/C(C)=C/C1C(C)=CCCC1(C)C. The summed E-state index contributed by atoms with van der Waals surface area (Å²) >= 11 is 0. The second-order valence-electron chi connectivity index (χ2n) is 5.52. The number of carbonyl (C=O) groups excluding carboxylic acids is 1. The maximum Gasteiger partial charge on any atom is 0.333 e. The molecule has 1 aliphatic rings. The maximum atomic E-state index is 11.6. The fourth-order valence-electron chi connectivity index (χ4n) is 2.49. The second kappa shape index (κ2) is 5.52. The minimum absolute atomic E-state index is 0.193. The van der Waals surface area contributed by atoms with Gasteiger partial charge in [-0.25, -0.2) is 4.79 Å². The number of carbonyl (C=O) groups is 1. The Kier molecular flexibility index (Phi) is 4.55. The zero-order valence-corrected chi connectivity index (χ0v) is 11.7. The predicted molar refractivity (Wildman–Crippen MR) is 70.7 cm³/mol. The van der Waals surface area contributed by atoms with Crippen LogP contribution < -0.4 is 0 Å². The average molecular weight is 236 g/mol. The van der Waals surface area contributed by atoms with Crippen molar-refractivity contribution in [2.45, 2.75) is 47.5 Å². The summed E-state index contributed by atoms with van der Waals surface area (Å²) in [5, 5.41) is 0. The lowest BCUT2D eigenvalue weighted by molar-refractivity contribution is -0.138. The molecule has 2 nitrogen and oxygen atoms in total. The van der Waals surface area contributed by atoms with Crippen molar-refractivity contribution in [2.75, 3.05) is 6.61 Å². The molecule has 0 aromatic carbocycles. The van der Waals surface area contributed by atoms with Crippen molar-refractivity contribution in [2.24, 2.45) is 11.3 Å². The van der Waals surface area contributed by atoms with Crippen molar-refractivity contribution in [3.63, 3.8) is 0 Å². The van der Waals surface area contributed by atoms with Gasteiger partial charge in [0, 0.05) is 11.5 Å². The molecule has 0 spiro atoms. The summed E-state index contributed by atoms with van der Waals surface area (Å²) in [4.78, 5) is 11.6. The van der Waals surface area contributed by atoms with Crippen molar-refractivity contribution >= 4 is 5.97 Å². The molecule has 0 saturated carbocycles. The highest BCUT2D eigenvalue weighted by Gasteiger charge is 2.31.